The summed E-state index contributed by atoms with van der Waals surface area (Å²) < 4.78 is 0. The first-order chi connectivity index (χ1) is 9.92. The number of aromatic amines is 1. The molecule has 0 atom stereocenters. The van der Waals surface area contributed by atoms with Gasteiger partial charge in [0.1, 0.15) is 0 Å². The standard InChI is InChI=1S/C15H17N3O3/c1-4-10-6-13(18-17-10)14(19)16-12-7-11(15(20)21)8(2)5-9(12)3/h5-7H,4H2,1-3H3,(H,16,19)(H,17,18)(H,20,21). The number of anilines is 1. The topological polar surface area (TPSA) is 95.1 Å². The zero-order chi connectivity index (χ0) is 15.6. The number of hydrogen-bond donors (Lipinski definition) is 3. The smallest absolute Gasteiger partial charge is 0.336 e. The summed E-state index contributed by atoms with van der Waals surface area (Å²) in [5.74, 6) is -1.38. The van der Waals surface area contributed by atoms with Crippen molar-refractivity contribution in [2.75, 3.05) is 5.32 Å². The maximum absolute atomic E-state index is 12.1. The van der Waals surface area contributed by atoms with Crippen molar-refractivity contribution in [2.24, 2.45) is 0 Å². The van der Waals surface area contributed by atoms with E-state index in [-0.39, 0.29) is 17.2 Å². The maximum atomic E-state index is 12.1. The molecule has 6 nitrogen and oxygen atoms in total. The Morgan fingerprint density at radius 3 is 2.52 bits per heavy atom. The number of rotatable bonds is 4. The Labute approximate surface area is 122 Å². The number of aryl methyl sites for hydroxylation is 3. The van der Waals surface area contributed by atoms with Crippen LogP contribution in [0.2, 0.25) is 0 Å². The van der Waals surface area contributed by atoms with Gasteiger partial charge in [-0.2, -0.15) is 5.10 Å². The van der Waals surface area contributed by atoms with Crippen molar-refractivity contribution < 1.29 is 14.7 Å². The van der Waals surface area contributed by atoms with Crippen molar-refractivity contribution in [3.63, 3.8) is 0 Å². The third-order valence-corrected chi connectivity index (χ3v) is 3.29. The SMILES string of the molecule is CCc1cc(C(=O)Nc2cc(C(=O)O)c(C)cc2C)n[nH]1. The fourth-order valence-electron chi connectivity index (χ4n) is 2.06. The van der Waals surface area contributed by atoms with Gasteiger partial charge in [0.25, 0.3) is 5.91 Å². The van der Waals surface area contributed by atoms with Gasteiger partial charge in [0, 0.05) is 11.4 Å². The highest BCUT2D eigenvalue weighted by Gasteiger charge is 2.15. The molecule has 0 fully saturated rings. The first-order valence-electron chi connectivity index (χ1n) is 6.62. The summed E-state index contributed by atoms with van der Waals surface area (Å²) >= 11 is 0. The van der Waals surface area contributed by atoms with Crippen LogP contribution in [0.5, 0.6) is 0 Å². The summed E-state index contributed by atoms with van der Waals surface area (Å²) in [6, 6.07) is 4.89. The molecule has 0 unspecified atom stereocenters. The number of H-pyrrole nitrogens is 1. The van der Waals surface area contributed by atoms with E-state index in [0.29, 0.717) is 11.3 Å². The third-order valence-electron chi connectivity index (χ3n) is 3.29. The molecule has 3 N–H and O–H groups in total. The normalized spacial score (nSPS) is 10.4. The largest absolute Gasteiger partial charge is 0.478 e. The minimum atomic E-state index is -1.02. The van der Waals surface area contributed by atoms with Crippen LogP contribution in [0, 0.1) is 13.8 Å². The van der Waals surface area contributed by atoms with Crippen molar-refractivity contribution in [3.05, 3.63) is 46.3 Å². The molecule has 2 aromatic rings. The molecule has 1 amide bonds. The molecule has 0 aliphatic rings. The third kappa shape index (κ3) is 3.10. The Kier molecular flexibility index (Phi) is 4.07. The lowest BCUT2D eigenvalue weighted by Crippen LogP contribution is -2.14. The average molecular weight is 287 g/mol. The highest BCUT2D eigenvalue weighted by Crippen LogP contribution is 2.21. The number of aromatic nitrogens is 2. The molecule has 1 aromatic carbocycles. The van der Waals surface area contributed by atoms with E-state index in [1.165, 1.54) is 6.07 Å². The van der Waals surface area contributed by atoms with Gasteiger partial charge in [0.05, 0.1) is 5.56 Å². The molecule has 21 heavy (non-hydrogen) atoms. The summed E-state index contributed by atoms with van der Waals surface area (Å²) in [5.41, 5.74) is 3.26. The molecule has 0 spiro atoms. The van der Waals surface area contributed by atoms with Crippen molar-refractivity contribution in [3.8, 4) is 0 Å². The van der Waals surface area contributed by atoms with E-state index in [0.717, 1.165) is 17.7 Å². The Balaban J connectivity index is 2.28. The number of amides is 1. The van der Waals surface area contributed by atoms with Gasteiger partial charge >= 0.3 is 5.97 Å². The van der Waals surface area contributed by atoms with Crippen molar-refractivity contribution in [1.29, 1.82) is 0 Å². The van der Waals surface area contributed by atoms with E-state index in [2.05, 4.69) is 15.5 Å². The lowest BCUT2D eigenvalue weighted by Gasteiger charge is -2.10. The van der Waals surface area contributed by atoms with Crippen molar-refractivity contribution in [1.82, 2.24) is 10.2 Å². The highest BCUT2D eigenvalue weighted by molar-refractivity contribution is 6.04. The van der Waals surface area contributed by atoms with Gasteiger partial charge in [-0.05, 0) is 43.5 Å². The monoisotopic (exact) mass is 287 g/mol. The predicted molar refractivity (Wildman–Crippen MR) is 78.8 cm³/mol. The van der Waals surface area contributed by atoms with Crippen LogP contribution in [0.3, 0.4) is 0 Å². The molecular weight excluding hydrogens is 270 g/mol. The van der Waals surface area contributed by atoms with Crippen LogP contribution in [-0.2, 0) is 6.42 Å². The number of carboxylic acid groups (broad SMARTS) is 1. The Bertz CT molecular complexity index is 704. The quantitative estimate of drug-likeness (QED) is 0.805. The van der Waals surface area contributed by atoms with Gasteiger partial charge in [0.15, 0.2) is 5.69 Å². The predicted octanol–water partition coefficient (Wildman–Crippen LogP) is 2.54. The number of carboxylic acids is 1. The molecule has 2 rings (SSSR count). The van der Waals surface area contributed by atoms with Crippen LogP contribution in [-0.4, -0.2) is 27.2 Å². The van der Waals surface area contributed by atoms with Gasteiger partial charge in [-0.3, -0.25) is 9.89 Å². The second-order valence-corrected chi connectivity index (χ2v) is 4.87. The molecule has 6 heteroatoms. The number of carbonyl (C=O) groups is 2. The lowest BCUT2D eigenvalue weighted by atomic mass is 10.0. The van der Waals surface area contributed by atoms with Crippen LogP contribution in [0.25, 0.3) is 0 Å². The number of hydrogen-bond acceptors (Lipinski definition) is 3. The van der Waals surface area contributed by atoms with E-state index in [4.69, 9.17) is 5.11 Å². The number of nitrogens with one attached hydrogen (secondary N) is 2. The van der Waals surface area contributed by atoms with Crippen LogP contribution in [0.15, 0.2) is 18.2 Å². The molecule has 0 saturated heterocycles. The highest BCUT2D eigenvalue weighted by atomic mass is 16.4. The maximum Gasteiger partial charge on any atom is 0.336 e. The molecule has 0 saturated carbocycles. The second kappa shape index (κ2) is 5.78. The zero-order valence-corrected chi connectivity index (χ0v) is 12.2. The second-order valence-electron chi connectivity index (χ2n) is 4.87. The zero-order valence-electron chi connectivity index (χ0n) is 12.2. The van der Waals surface area contributed by atoms with E-state index < -0.39 is 5.97 Å². The molecule has 0 bridgehead atoms. The van der Waals surface area contributed by atoms with E-state index in [1.54, 1.807) is 19.1 Å². The van der Waals surface area contributed by atoms with Gasteiger partial charge in [-0.1, -0.05) is 13.0 Å². The van der Waals surface area contributed by atoms with Crippen LogP contribution < -0.4 is 5.32 Å². The van der Waals surface area contributed by atoms with E-state index in [9.17, 15) is 9.59 Å². The summed E-state index contributed by atoms with van der Waals surface area (Å²) in [6.45, 7) is 5.50. The van der Waals surface area contributed by atoms with Crippen LogP contribution in [0.4, 0.5) is 5.69 Å². The minimum absolute atomic E-state index is 0.173. The fourth-order valence-corrected chi connectivity index (χ4v) is 2.06. The summed E-state index contributed by atoms with van der Waals surface area (Å²) in [6.07, 6.45) is 0.757. The number of nitrogens with zero attached hydrogens (tertiary/aromatic N) is 1. The Hall–Kier alpha value is -2.63. The summed E-state index contributed by atoms with van der Waals surface area (Å²) in [7, 11) is 0. The molecule has 0 aliphatic carbocycles. The first kappa shape index (κ1) is 14.8. The van der Waals surface area contributed by atoms with Gasteiger partial charge < -0.3 is 10.4 Å². The molecule has 0 aliphatic heterocycles. The number of carbonyl (C=O) groups excluding carboxylic acids is 1. The fraction of sp³-hybridized carbons (Fsp3) is 0.267. The average Bonchev–Trinajstić information content (AvgIpc) is 2.90. The van der Waals surface area contributed by atoms with Gasteiger partial charge in [-0.15, -0.1) is 0 Å². The summed E-state index contributed by atoms with van der Waals surface area (Å²) in [4.78, 5) is 23.3. The number of aromatic carboxylic acids is 1. The molecule has 1 heterocycles. The minimum Gasteiger partial charge on any atom is -0.478 e. The summed E-state index contributed by atoms with van der Waals surface area (Å²) in [5, 5.41) is 18.5. The van der Waals surface area contributed by atoms with Gasteiger partial charge in [0.2, 0.25) is 0 Å². The number of benzene rings is 1. The van der Waals surface area contributed by atoms with Crippen molar-refractivity contribution in [2.45, 2.75) is 27.2 Å². The molecule has 1 aromatic heterocycles. The Morgan fingerprint density at radius 1 is 1.24 bits per heavy atom. The molecular formula is C15H17N3O3. The molecule has 110 valence electrons. The Morgan fingerprint density at radius 2 is 1.95 bits per heavy atom. The first-order valence-corrected chi connectivity index (χ1v) is 6.62. The van der Waals surface area contributed by atoms with E-state index in [1.807, 2.05) is 13.8 Å². The molecule has 0 radical (unpaired) electrons. The van der Waals surface area contributed by atoms with Crippen LogP contribution >= 0.6 is 0 Å². The van der Waals surface area contributed by atoms with E-state index >= 15 is 0 Å². The van der Waals surface area contributed by atoms with Crippen LogP contribution in [0.1, 0.15) is 44.6 Å². The van der Waals surface area contributed by atoms with Gasteiger partial charge in [-0.25, -0.2) is 4.79 Å². The lowest BCUT2D eigenvalue weighted by molar-refractivity contribution is 0.0695. The van der Waals surface area contributed by atoms with Crippen molar-refractivity contribution >= 4 is 17.6 Å².